The minimum atomic E-state index is 0.737. The summed E-state index contributed by atoms with van der Waals surface area (Å²) in [6, 6.07) is 18.5. The Hall–Kier alpha value is -3.61. The first-order valence-corrected chi connectivity index (χ1v) is 8.80. The molecule has 0 aliphatic carbocycles. The number of benzene rings is 2. The Balaban J connectivity index is 1.59. The van der Waals surface area contributed by atoms with Gasteiger partial charge in [-0.2, -0.15) is 10.2 Å². The first kappa shape index (κ1) is 16.8. The van der Waals surface area contributed by atoms with Crippen LogP contribution in [0.1, 0.15) is 0 Å². The Morgan fingerprint density at radius 3 is 2.59 bits per heavy atom. The molecule has 0 saturated heterocycles. The molecule has 0 radical (unpaired) electrons. The topological polar surface area (TPSA) is 72.6 Å². The van der Waals surface area contributed by atoms with Crippen LogP contribution in [0.15, 0.2) is 73.4 Å². The number of aryl methyl sites for hydroxylation is 1. The lowest BCUT2D eigenvalue weighted by molar-refractivity contribution is 0.636. The van der Waals surface area contributed by atoms with E-state index in [0.717, 1.165) is 41.4 Å². The summed E-state index contributed by atoms with van der Waals surface area (Å²) in [5.74, 6) is 0. The average Bonchev–Trinajstić information content (AvgIpc) is 3.35. The van der Waals surface area contributed by atoms with Gasteiger partial charge in [-0.15, -0.1) is 0 Å². The Kier molecular flexibility index (Phi) is 4.82. The van der Waals surface area contributed by atoms with Gasteiger partial charge in [0, 0.05) is 42.4 Å². The van der Waals surface area contributed by atoms with Crippen molar-refractivity contribution in [3.05, 3.63) is 73.4 Å². The summed E-state index contributed by atoms with van der Waals surface area (Å²) in [5, 5.41) is 15.4. The zero-order valence-electron chi connectivity index (χ0n) is 15.1. The maximum absolute atomic E-state index is 4.30. The molecule has 0 unspecified atom stereocenters. The maximum atomic E-state index is 4.30. The second kappa shape index (κ2) is 7.74. The van der Waals surface area contributed by atoms with Gasteiger partial charge in [0.05, 0.1) is 12.2 Å². The highest BCUT2D eigenvalue weighted by atomic mass is 15.3. The van der Waals surface area contributed by atoms with Crippen molar-refractivity contribution in [2.75, 3.05) is 17.2 Å². The molecule has 136 valence electrons. The van der Waals surface area contributed by atoms with Crippen molar-refractivity contribution >= 4 is 17.1 Å². The lowest BCUT2D eigenvalue weighted by atomic mass is 10.1. The van der Waals surface area contributed by atoms with Crippen LogP contribution in [0.5, 0.6) is 0 Å². The fraction of sp³-hybridized carbons (Fsp3) is 0.150. The lowest BCUT2D eigenvalue weighted by Gasteiger charge is -2.15. The van der Waals surface area contributed by atoms with E-state index in [1.807, 2.05) is 59.0 Å². The van der Waals surface area contributed by atoms with E-state index in [4.69, 9.17) is 0 Å². The number of para-hydroxylation sites is 1. The fourth-order valence-corrected chi connectivity index (χ4v) is 2.97. The van der Waals surface area contributed by atoms with Crippen LogP contribution in [0.25, 0.3) is 11.3 Å². The third kappa shape index (κ3) is 3.98. The quantitative estimate of drug-likeness (QED) is 0.528. The number of hydrogen-bond acceptors (Lipinski definition) is 5. The zero-order chi connectivity index (χ0) is 18.5. The van der Waals surface area contributed by atoms with Gasteiger partial charge in [-0.1, -0.05) is 18.2 Å². The summed E-state index contributed by atoms with van der Waals surface area (Å²) in [5.41, 5.74) is 5.28. The molecule has 0 amide bonds. The predicted molar refractivity (Wildman–Crippen MR) is 107 cm³/mol. The number of hydrogen-bond donors (Lipinski definition) is 2. The molecule has 0 fully saturated rings. The summed E-state index contributed by atoms with van der Waals surface area (Å²) in [6.07, 6.45) is 5.08. The number of nitrogens with zero attached hydrogens (tertiary/aromatic N) is 5. The Labute approximate surface area is 157 Å². The molecule has 0 bridgehead atoms. The summed E-state index contributed by atoms with van der Waals surface area (Å²) in [7, 11) is 1.95. The number of anilines is 3. The van der Waals surface area contributed by atoms with Gasteiger partial charge in [-0.3, -0.25) is 9.36 Å². The highest BCUT2D eigenvalue weighted by molar-refractivity contribution is 5.80. The van der Waals surface area contributed by atoms with Gasteiger partial charge in [0.2, 0.25) is 0 Å². The van der Waals surface area contributed by atoms with Crippen LogP contribution in [0.4, 0.5) is 17.1 Å². The first-order chi connectivity index (χ1) is 13.3. The van der Waals surface area contributed by atoms with Crippen molar-refractivity contribution in [3.8, 4) is 11.3 Å². The van der Waals surface area contributed by atoms with Crippen molar-refractivity contribution in [2.45, 2.75) is 6.54 Å². The molecule has 0 aliphatic heterocycles. The molecule has 0 atom stereocenters. The summed E-state index contributed by atoms with van der Waals surface area (Å²) >= 11 is 0. The molecule has 7 heteroatoms. The van der Waals surface area contributed by atoms with E-state index in [2.05, 4.69) is 44.0 Å². The Morgan fingerprint density at radius 1 is 0.963 bits per heavy atom. The molecule has 2 aromatic carbocycles. The maximum Gasteiger partial charge on any atom is 0.137 e. The van der Waals surface area contributed by atoms with E-state index in [0.29, 0.717) is 0 Å². The van der Waals surface area contributed by atoms with Crippen LogP contribution in [0, 0.1) is 0 Å². The average molecular weight is 359 g/mol. The van der Waals surface area contributed by atoms with Gasteiger partial charge < -0.3 is 10.6 Å². The Morgan fingerprint density at radius 2 is 1.85 bits per heavy atom. The molecular formula is C20H21N7. The molecule has 0 spiro atoms. The zero-order valence-corrected chi connectivity index (χ0v) is 15.1. The van der Waals surface area contributed by atoms with Crippen LogP contribution in [0.2, 0.25) is 0 Å². The molecule has 4 aromatic rings. The molecular weight excluding hydrogens is 338 g/mol. The van der Waals surface area contributed by atoms with Gasteiger partial charge in [0.1, 0.15) is 12.7 Å². The van der Waals surface area contributed by atoms with E-state index in [9.17, 15) is 0 Å². The molecule has 7 nitrogen and oxygen atoms in total. The highest BCUT2D eigenvalue weighted by Gasteiger charge is 2.10. The van der Waals surface area contributed by atoms with Gasteiger partial charge in [-0.25, -0.2) is 4.98 Å². The fourth-order valence-electron chi connectivity index (χ4n) is 2.97. The minimum Gasteiger partial charge on any atom is -0.383 e. The number of rotatable bonds is 7. The number of nitrogens with one attached hydrogen (secondary N) is 2. The lowest BCUT2D eigenvalue weighted by Crippen LogP contribution is -2.12. The SMILES string of the molecule is Cn1nccc1-c1ccc(Nc2ccccc2)cc1NCCn1cncn1. The monoisotopic (exact) mass is 359 g/mol. The normalized spacial score (nSPS) is 10.7. The van der Waals surface area contributed by atoms with Crippen LogP contribution >= 0.6 is 0 Å². The summed E-state index contributed by atoms with van der Waals surface area (Å²) < 4.78 is 3.69. The van der Waals surface area contributed by atoms with E-state index in [1.54, 1.807) is 12.7 Å². The molecule has 4 rings (SSSR count). The number of aromatic nitrogens is 5. The highest BCUT2D eigenvalue weighted by Crippen LogP contribution is 2.31. The second-order valence-corrected chi connectivity index (χ2v) is 6.18. The molecule has 2 N–H and O–H groups in total. The van der Waals surface area contributed by atoms with Gasteiger partial charge in [-0.05, 0) is 36.4 Å². The molecule has 0 saturated carbocycles. The van der Waals surface area contributed by atoms with E-state index in [1.165, 1.54) is 0 Å². The third-order valence-corrected chi connectivity index (χ3v) is 4.30. The van der Waals surface area contributed by atoms with E-state index < -0.39 is 0 Å². The first-order valence-electron chi connectivity index (χ1n) is 8.80. The standard InChI is InChI=1S/C20H21N7/c1-26-20(9-10-23-26)18-8-7-17(25-16-5-3-2-4-6-16)13-19(18)22-11-12-27-15-21-14-24-27/h2-10,13-15,22,25H,11-12H2,1H3. The largest absolute Gasteiger partial charge is 0.383 e. The predicted octanol–water partition coefficient (Wildman–Crippen LogP) is 3.53. The summed E-state index contributed by atoms with van der Waals surface area (Å²) in [6.45, 7) is 1.48. The van der Waals surface area contributed by atoms with Crippen molar-refractivity contribution < 1.29 is 0 Å². The van der Waals surface area contributed by atoms with Gasteiger partial charge in [0.25, 0.3) is 0 Å². The van der Waals surface area contributed by atoms with E-state index in [-0.39, 0.29) is 0 Å². The van der Waals surface area contributed by atoms with Crippen molar-refractivity contribution in [2.24, 2.45) is 7.05 Å². The van der Waals surface area contributed by atoms with Crippen LogP contribution < -0.4 is 10.6 Å². The molecule has 27 heavy (non-hydrogen) atoms. The van der Waals surface area contributed by atoms with Gasteiger partial charge >= 0.3 is 0 Å². The van der Waals surface area contributed by atoms with E-state index >= 15 is 0 Å². The second-order valence-electron chi connectivity index (χ2n) is 6.18. The third-order valence-electron chi connectivity index (χ3n) is 4.30. The van der Waals surface area contributed by atoms with Crippen LogP contribution in [0.3, 0.4) is 0 Å². The van der Waals surface area contributed by atoms with Crippen molar-refractivity contribution in [1.82, 2.24) is 24.5 Å². The smallest absolute Gasteiger partial charge is 0.137 e. The van der Waals surface area contributed by atoms with Crippen molar-refractivity contribution in [3.63, 3.8) is 0 Å². The molecule has 0 aliphatic rings. The Bertz CT molecular complexity index is 990. The molecule has 2 aromatic heterocycles. The minimum absolute atomic E-state index is 0.737. The van der Waals surface area contributed by atoms with Gasteiger partial charge in [0.15, 0.2) is 0 Å². The van der Waals surface area contributed by atoms with Crippen LogP contribution in [-0.2, 0) is 13.6 Å². The van der Waals surface area contributed by atoms with Crippen LogP contribution in [-0.4, -0.2) is 31.1 Å². The molecule has 2 heterocycles. The van der Waals surface area contributed by atoms with Crippen molar-refractivity contribution in [1.29, 1.82) is 0 Å². The summed E-state index contributed by atoms with van der Waals surface area (Å²) in [4.78, 5) is 3.98.